The third-order valence-corrected chi connectivity index (χ3v) is 3.65. The Bertz CT molecular complexity index is 557. The predicted octanol–water partition coefficient (Wildman–Crippen LogP) is 4.09. The van der Waals surface area contributed by atoms with Gasteiger partial charge < -0.3 is 10.1 Å². The van der Waals surface area contributed by atoms with Crippen molar-refractivity contribution in [1.29, 1.82) is 0 Å². The summed E-state index contributed by atoms with van der Waals surface area (Å²) < 4.78 is 6.59. The first-order chi connectivity index (χ1) is 9.75. The van der Waals surface area contributed by atoms with Crippen LogP contribution >= 0.6 is 22.6 Å². The van der Waals surface area contributed by atoms with E-state index in [-0.39, 0.29) is 5.91 Å². The quantitative estimate of drug-likeness (QED) is 0.605. The van der Waals surface area contributed by atoms with Crippen LogP contribution in [0.1, 0.15) is 12.8 Å². The highest BCUT2D eigenvalue weighted by Crippen LogP contribution is 2.17. The summed E-state index contributed by atoms with van der Waals surface area (Å²) in [4.78, 5) is 11.8. The van der Waals surface area contributed by atoms with Crippen molar-refractivity contribution < 1.29 is 9.53 Å². The van der Waals surface area contributed by atoms with E-state index >= 15 is 0 Å². The molecule has 0 aromatic heterocycles. The van der Waals surface area contributed by atoms with E-state index in [1.54, 1.807) is 0 Å². The van der Waals surface area contributed by atoms with Crippen LogP contribution in [0.3, 0.4) is 0 Å². The number of carbonyl (C=O) groups is 1. The van der Waals surface area contributed by atoms with Gasteiger partial charge >= 0.3 is 0 Å². The Morgan fingerprint density at radius 1 is 1.05 bits per heavy atom. The molecule has 0 heterocycles. The average Bonchev–Trinajstić information content (AvgIpc) is 2.47. The molecule has 0 unspecified atom stereocenters. The van der Waals surface area contributed by atoms with Crippen LogP contribution in [-0.2, 0) is 4.79 Å². The number of para-hydroxylation sites is 2. The molecule has 0 bridgehead atoms. The second-order valence-corrected chi connectivity index (χ2v) is 5.46. The molecule has 2 rings (SSSR count). The van der Waals surface area contributed by atoms with Gasteiger partial charge in [-0.05, 0) is 53.3 Å². The molecule has 0 spiro atoms. The Morgan fingerprint density at radius 2 is 1.75 bits per heavy atom. The van der Waals surface area contributed by atoms with Crippen molar-refractivity contribution in [3.05, 3.63) is 58.2 Å². The van der Waals surface area contributed by atoms with E-state index in [4.69, 9.17) is 4.74 Å². The highest BCUT2D eigenvalue weighted by molar-refractivity contribution is 14.1. The van der Waals surface area contributed by atoms with Crippen LogP contribution in [0.15, 0.2) is 54.6 Å². The molecule has 4 heteroatoms. The molecule has 0 saturated heterocycles. The molecule has 0 aliphatic heterocycles. The molecule has 0 saturated carbocycles. The van der Waals surface area contributed by atoms with Crippen molar-refractivity contribution in [3.8, 4) is 5.75 Å². The minimum Gasteiger partial charge on any atom is -0.494 e. The van der Waals surface area contributed by atoms with Gasteiger partial charge in [0, 0.05) is 9.99 Å². The van der Waals surface area contributed by atoms with Gasteiger partial charge in [0.2, 0.25) is 5.91 Å². The van der Waals surface area contributed by atoms with Crippen LogP contribution in [0.4, 0.5) is 5.69 Å². The van der Waals surface area contributed by atoms with Crippen LogP contribution in [0.25, 0.3) is 0 Å². The Morgan fingerprint density at radius 3 is 2.50 bits per heavy atom. The maximum absolute atomic E-state index is 11.8. The Hall–Kier alpha value is -1.56. The van der Waals surface area contributed by atoms with Crippen molar-refractivity contribution in [2.75, 3.05) is 11.9 Å². The van der Waals surface area contributed by atoms with Crippen molar-refractivity contribution in [1.82, 2.24) is 0 Å². The standard InChI is InChI=1S/C16H16INO2/c17-14-9-4-5-10-15(14)18-16(19)11-6-12-20-13-7-2-1-3-8-13/h1-5,7-10H,6,11-12H2,(H,18,19). The monoisotopic (exact) mass is 381 g/mol. The number of anilines is 1. The lowest BCUT2D eigenvalue weighted by atomic mass is 10.2. The molecule has 2 aromatic carbocycles. The smallest absolute Gasteiger partial charge is 0.224 e. The molecule has 0 fully saturated rings. The van der Waals surface area contributed by atoms with Gasteiger partial charge in [0.15, 0.2) is 0 Å². The Kier molecular flexibility index (Phi) is 5.86. The lowest BCUT2D eigenvalue weighted by molar-refractivity contribution is -0.116. The topological polar surface area (TPSA) is 38.3 Å². The number of nitrogens with one attached hydrogen (secondary N) is 1. The molecule has 3 nitrogen and oxygen atoms in total. The predicted molar refractivity (Wildman–Crippen MR) is 89.0 cm³/mol. The fraction of sp³-hybridized carbons (Fsp3) is 0.188. The van der Waals surface area contributed by atoms with Gasteiger partial charge in [-0.25, -0.2) is 0 Å². The zero-order chi connectivity index (χ0) is 14.2. The molecule has 0 atom stereocenters. The van der Waals surface area contributed by atoms with E-state index in [1.807, 2.05) is 54.6 Å². The first-order valence-corrected chi connectivity index (χ1v) is 7.56. The van der Waals surface area contributed by atoms with Crippen LogP contribution in [0.5, 0.6) is 5.75 Å². The second kappa shape index (κ2) is 7.89. The van der Waals surface area contributed by atoms with Gasteiger partial charge in [-0.15, -0.1) is 0 Å². The summed E-state index contributed by atoms with van der Waals surface area (Å²) in [5.41, 5.74) is 0.863. The van der Waals surface area contributed by atoms with Crippen molar-refractivity contribution in [2.45, 2.75) is 12.8 Å². The van der Waals surface area contributed by atoms with Crippen LogP contribution in [0.2, 0.25) is 0 Å². The number of benzene rings is 2. The number of hydrogen-bond donors (Lipinski definition) is 1. The lowest BCUT2D eigenvalue weighted by Gasteiger charge is -2.08. The molecular formula is C16H16INO2. The molecule has 0 aliphatic carbocycles. The summed E-state index contributed by atoms with van der Waals surface area (Å²) in [6, 6.07) is 17.4. The van der Waals surface area contributed by atoms with Gasteiger partial charge in [-0.1, -0.05) is 30.3 Å². The highest BCUT2D eigenvalue weighted by atomic mass is 127. The minimum absolute atomic E-state index is 0.0192. The number of halogens is 1. The van der Waals surface area contributed by atoms with Crippen molar-refractivity contribution >= 4 is 34.2 Å². The molecule has 0 radical (unpaired) electrons. The van der Waals surface area contributed by atoms with E-state index in [1.165, 1.54) is 0 Å². The zero-order valence-corrected chi connectivity index (χ0v) is 13.2. The highest BCUT2D eigenvalue weighted by Gasteiger charge is 2.04. The van der Waals surface area contributed by atoms with Crippen LogP contribution < -0.4 is 10.1 Å². The van der Waals surface area contributed by atoms with E-state index in [2.05, 4.69) is 27.9 Å². The Balaban J connectivity index is 1.69. The third kappa shape index (κ3) is 4.85. The number of rotatable bonds is 6. The molecule has 1 N–H and O–H groups in total. The molecule has 104 valence electrons. The fourth-order valence-corrected chi connectivity index (χ4v) is 2.24. The van der Waals surface area contributed by atoms with Crippen LogP contribution in [-0.4, -0.2) is 12.5 Å². The average molecular weight is 381 g/mol. The summed E-state index contributed by atoms with van der Waals surface area (Å²) in [7, 11) is 0. The summed E-state index contributed by atoms with van der Waals surface area (Å²) >= 11 is 2.21. The number of ether oxygens (including phenoxy) is 1. The van der Waals surface area contributed by atoms with E-state index in [0.29, 0.717) is 19.4 Å². The lowest BCUT2D eigenvalue weighted by Crippen LogP contribution is -2.13. The van der Waals surface area contributed by atoms with Crippen molar-refractivity contribution in [3.63, 3.8) is 0 Å². The molecule has 2 aromatic rings. The normalized spacial score (nSPS) is 10.1. The Labute approximate surface area is 132 Å². The summed E-state index contributed by atoms with van der Waals surface area (Å²) in [5.74, 6) is 0.858. The van der Waals surface area contributed by atoms with Gasteiger partial charge in [0.05, 0.1) is 12.3 Å². The first kappa shape index (κ1) is 14.8. The molecule has 0 aliphatic rings. The SMILES string of the molecule is O=C(CCCOc1ccccc1)Nc1ccccc1I. The summed E-state index contributed by atoms with van der Waals surface area (Å²) in [6.45, 7) is 0.545. The summed E-state index contributed by atoms with van der Waals surface area (Å²) in [5, 5.41) is 2.91. The number of hydrogen-bond acceptors (Lipinski definition) is 2. The second-order valence-electron chi connectivity index (χ2n) is 4.29. The number of amides is 1. The van der Waals surface area contributed by atoms with Crippen molar-refractivity contribution in [2.24, 2.45) is 0 Å². The van der Waals surface area contributed by atoms with Gasteiger partial charge in [0.1, 0.15) is 5.75 Å². The van der Waals surface area contributed by atoms with E-state index in [0.717, 1.165) is 15.0 Å². The maximum Gasteiger partial charge on any atom is 0.224 e. The fourth-order valence-electron chi connectivity index (χ4n) is 1.71. The molecule has 20 heavy (non-hydrogen) atoms. The van der Waals surface area contributed by atoms with Gasteiger partial charge in [0.25, 0.3) is 0 Å². The third-order valence-electron chi connectivity index (χ3n) is 2.71. The maximum atomic E-state index is 11.8. The molecular weight excluding hydrogens is 365 g/mol. The van der Waals surface area contributed by atoms with E-state index < -0.39 is 0 Å². The number of carbonyl (C=O) groups excluding carboxylic acids is 1. The summed E-state index contributed by atoms with van der Waals surface area (Å²) in [6.07, 6.45) is 1.15. The van der Waals surface area contributed by atoms with E-state index in [9.17, 15) is 4.79 Å². The zero-order valence-electron chi connectivity index (χ0n) is 11.0. The minimum atomic E-state index is 0.0192. The first-order valence-electron chi connectivity index (χ1n) is 6.48. The van der Waals surface area contributed by atoms with Gasteiger partial charge in [-0.3, -0.25) is 4.79 Å². The largest absolute Gasteiger partial charge is 0.494 e. The van der Waals surface area contributed by atoms with Gasteiger partial charge in [-0.2, -0.15) is 0 Å². The molecule has 1 amide bonds. The van der Waals surface area contributed by atoms with Crippen LogP contribution in [0, 0.1) is 3.57 Å².